The molecule has 2 N–H and O–H groups in total. The van der Waals surface area contributed by atoms with Crippen LogP contribution in [0.2, 0.25) is 0 Å². The summed E-state index contributed by atoms with van der Waals surface area (Å²) in [6.45, 7) is 0.738. The molecule has 0 spiro atoms. The summed E-state index contributed by atoms with van der Waals surface area (Å²) in [5.74, 6) is 2.37. The van der Waals surface area contributed by atoms with Crippen molar-refractivity contribution in [2.45, 2.75) is 57.4 Å². The van der Waals surface area contributed by atoms with Gasteiger partial charge in [0.05, 0.1) is 5.69 Å². The molecule has 1 aromatic heterocycles. The van der Waals surface area contributed by atoms with E-state index in [-0.39, 0.29) is 5.91 Å². The molecular weight excluding hydrogens is 454 g/mol. The summed E-state index contributed by atoms with van der Waals surface area (Å²) < 4.78 is 0.982. The highest BCUT2D eigenvalue weighted by Gasteiger charge is 2.24. The van der Waals surface area contributed by atoms with E-state index < -0.39 is 0 Å². The normalized spacial score (nSPS) is 20.6. The van der Waals surface area contributed by atoms with Gasteiger partial charge in [-0.2, -0.15) is 4.98 Å². The Labute approximate surface area is 193 Å². The van der Waals surface area contributed by atoms with Crippen LogP contribution in [0.15, 0.2) is 28.7 Å². The minimum atomic E-state index is 0.00595. The topological polar surface area (TPSA) is 70.2 Å². The molecule has 31 heavy (non-hydrogen) atoms. The molecule has 4 rings (SSSR count). The monoisotopic (exact) mass is 485 g/mol. The van der Waals surface area contributed by atoms with Gasteiger partial charge in [-0.25, -0.2) is 4.98 Å². The average Bonchev–Trinajstić information content (AvgIpc) is 2.78. The molecule has 0 atom stereocenters. The van der Waals surface area contributed by atoms with Gasteiger partial charge < -0.3 is 15.5 Å². The van der Waals surface area contributed by atoms with Crippen LogP contribution in [-0.4, -0.2) is 42.6 Å². The fourth-order valence-corrected chi connectivity index (χ4v) is 4.91. The Balaban J connectivity index is 1.29. The Kier molecular flexibility index (Phi) is 7.10. The van der Waals surface area contributed by atoms with E-state index in [0.717, 1.165) is 61.3 Å². The van der Waals surface area contributed by atoms with Crippen molar-refractivity contribution in [1.82, 2.24) is 15.3 Å². The van der Waals surface area contributed by atoms with Crippen molar-refractivity contribution in [1.29, 1.82) is 0 Å². The lowest BCUT2D eigenvalue weighted by molar-refractivity contribution is 0.0943. The van der Waals surface area contributed by atoms with E-state index in [1.807, 2.05) is 24.3 Å². The van der Waals surface area contributed by atoms with Crippen LogP contribution in [0.5, 0.6) is 0 Å². The second-order valence-electron chi connectivity index (χ2n) is 8.98. The number of anilines is 2. The van der Waals surface area contributed by atoms with E-state index in [0.29, 0.717) is 17.5 Å². The zero-order valence-corrected chi connectivity index (χ0v) is 20.0. The van der Waals surface area contributed by atoms with Gasteiger partial charge in [0, 0.05) is 42.3 Å². The fourth-order valence-electron chi connectivity index (χ4n) is 4.64. The van der Waals surface area contributed by atoms with Crippen LogP contribution < -0.4 is 15.5 Å². The summed E-state index contributed by atoms with van der Waals surface area (Å²) in [4.78, 5) is 24.2. The van der Waals surface area contributed by atoms with Gasteiger partial charge in [-0.3, -0.25) is 4.79 Å². The van der Waals surface area contributed by atoms with E-state index in [4.69, 9.17) is 9.97 Å². The molecule has 0 saturated heterocycles. The Bertz CT molecular complexity index is 907. The highest BCUT2D eigenvalue weighted by molar-refractivity contribution is 9.10. The van der Waals surface area contributed by atoms with Gasteiger partial charge in [-0.05, 0) is 81.5 Å². The van der Waals surface area contributed by atoms with Crippen LogP contribution in [0.25, 0.3) is 0 Å². The lowest BCUT2D eigenvalue weighted by Gasteiger charge is -2.30. The lowest BCUT2D eigenvalue weighted by Crippen LogP contribution is -2.34. The number of hydrogen-bond donors (Lipinski definition) is 2. The second-order valence-corrected chi connectivity index (χ2v) is 9.89. The van der Waals surface area contributed by atoms with Crippen LogP contribution in [-0.2, 0) is 12.8 Å². The maximum Gasteiger partial charge on any atom is 0.251 e. The van der Waals surface area contributed by atoms with Gasteiger partial charge >= 0.3 is 0 Å². The Hall–Kier alpha value is -2.15. The lowest BCUT2D eigenvalue weighted by atomic mass is 9.86. The standard InChI is InChI=1S/C24H32BrN5O/c1-30(2)22-20-5-3-4-6-21(20)28-24(29-22)27-19-13-7-16(8-14-19)15-26-23(31)17-9-11-18(25)12-10-17/h9-12,16,19H,3-8,13-15H2,1-2H3,(H,26,31)(H,27,28,29)/t16-,19+. The third kappa shape index (κ3) is 5.56. The number of halogens is 1. The number of aryl methyl sites for hydroxylation is 1. The predicted molar refractivity (Wildman–Crippen MR) is 129 cm³/mol. The van der Waals surface area contributed by atoms with Gasteiger partial charge in [0.15, 0.2) is 0 Å². The minimum Gasteiger partial charge on any atom is -0.362 e. The molecule has 0 unspecified atom stereocenters. The molecule has 1 amide bonds. The van der Waals surface area contributed by atoms with E-state index in [1.165, 1.54) is 24.1 Å². The third-order valence-electron chi connectivity index (χ3n) is 6.42. The van der Waals surface area contributed by atoms with Crippen molar-refractivity contribution in [3.63, 3.8) is 0 Å². The quantitative estimate of drug-likeness (QED) is 0.626. The first-order chi connectivity index (χ1) is 15.0. The highest BCUT2D eigenvalue weighted by atomic mass is 79.9. The number of carbonyl (C=O) groups excluding carboxylic acids is 1. The summed E-state index contributed by atoms with van der Waals surface area (Å²) in [7, 11) is 4.13. The Morgan fingerprint density at radius 1 is 1.06 bits per heavy atom. The molecule has 1 aromatic carbocycles. The number of benzene rings is 1. The molecule has 2 aromatic rings. The van der Waals surface area contributed by atoms with Gasteiger partial charge in [-0.1, -0.05) is 15.9 Å². The molecule has 7 heteroatoms. The Morgan fingerprint density at radius 3 is 2.48 bits per heavy atom. The number of carbonyl (C=O) groups is 1. The van der Waals surface area contributed by atoms with Gasteiger partial charge in [0.2, 0.25) is 5.95 Å². The molecule has 6 nitrogen and oxygen atoms in total. The number of aromatic nitrogens is 2. The van der Waals surface area contributed by atoms with Crippen LogP contribution in [0.4, 0.5) is 11.8 Å². The maximum atomic E-state index is 12.3. The molecule has 1 heterocycles. The molecule has 166 valence electrons. The van der Waals surface area contributed by atoms with E-state index in [1.54, 1.807) is 0 Å². The van der Waals surface area contributed by atoms with Gasteiger partial charge in [0.25, 0.3) is 5.91 Å². The molecular formula is C24H32BrN5O. The summed E-state index contributed by atoms with van der Waals surface area (Å²) in [5, 5.41) is 6.70. The van der Waals surface area contributed by atoms with Crippen molar-refractivity contribution < 1.29 is 4.79 Å². The molecule has 2 aliphatic carbocycles. The van der Waals surface area contributed by atoms with E-state index >= 15 is 0 Å². The first-order valence-corrected chi connectivity index (χ1v) is 12.2. The zero-order valence-electron chi connectivity index (χ0n) is 18.5. The maximum absolute atomic E-state index is 12.3. The summed E-state index contributed by atoms with van der Waals surface area (Å²) in [5.41, 5.74) is 3.25. The largest absolute Gasteiger partial charge is 0.362 e. The summed E-state index contributed by atoms with van der Waals surface area (Å²) in [6, 6.07) is 7.89. The molecule has 2 aliphatic rings. The van der Waals surface area contributed by atoms with Gasteiger partial charge in [0.1, 0.15) is 5.82 Å². The first-order valence-electron chi connectivity index (χ1n) is 11.4. The SMILES string of the molecule is CN(C)c1nc(N[C@H]2CC[C@@H](CNC(=O)c3ccc(Br)cc3)CC2)nc2c1CCCC2. The fraction of sp³-hybridized carbons (Fsp3) is 0.542. The molecule has 1 saturated carbocycles. The number of nitrogens with one attached hydrogen (secondary N) is 2. The summed E-state index contributed by atoms with van der Waals surface area (Å²) in [6.07, 6.45) is 8.94. The minimum absolute atomic E-state index is 0.00595. The van der Waals surface area contributed by atoms with Crippen molar-refractivity contribution >= 4 is 33.6 Å². The molecule has 0 aliphatic heterocycles. The Morgan fingerprint density at radius 2 is 1.77 bits per heavy atom. The van der Waals surface area contributed by atoms with Gasteiger partial charge in [-0.15, -0.1) is 0 Å². The average molecular weight is 486 g/mol. The van der Waals surface area contributed by atoms with Crippen LogP contribution in [0.3, 0.4) is 0 Å². The number of rotatable bonds is 6. The second kappa shape index (κ2) is 9.98. The number of fused-ring (bicyclic) bond motifs is 1. The van der Waals surface area contributed by atoms with Crippen LogP contribution in [0.1, 0.15) is 60.1 Å². The highest BCUT2D eigenvalue weighted by Crippen LogP contribution is 2.30. The van der Waals surface area contributed by atoms with Crippen molar-refractivity contribution in [3.8, 4) is 0 Å². The first kappa shape index (κ1) is 22.1. The van der Waals surface area contributed by atoms with E-state index in [9.17, 15) is 4.79 Å². The molecule has 1 fully saturated rings. The van der Waals surface area contributed by atoms with Crippen molar-refractivity contribution in [3.05, 3.63) is 45.6 Å². The zero-order chi connectivity index (χ0) is 21.8. The molecule has 0 bridgehead atoms. The van der Waals surface area contributed by atoms with Crippen molar-refractivity contribution in [2.75, 3.05) is 30.9 Å². The van der Waals surface area contributed by atoms with Crippen LogP contribution in [0, 0.1) is 5.92 Å². The number of hydrogen-bond acceptors (Lipinski definition) is 5. The third-order valence-corrected chi connectivity index (χ3v) is 6.95. The number of amides is 1. The number of nitrogens with zero attached hydrogens (tertiary/aromatic N) is 3. The van der Waals surface area contributed by atoms with Crippen LogP contribution >= 0.6 is 15.9 Å². The van der Waals surface area contributed by atoms with Crippen molar-refractivity contribution in [2.24, 2.45) is 5.92 Å². The predicted octanol–water partition coefficient (Wildman–Crippen LogP) is 4.58. The smallest absolute Gasteiger partial charge is 0.251 e. The summed E-state index contributed by atoms with van der Waals surface area (Å²) >= 11 is 3.41. The molecule has 0 radical (unpaired) electrons. The van der Waals surface area contributed by atoms with E-state index in [2.05, 4.69) is 45.6 Å².